The van der Waals surface area contributed by atoms with Gasteiger partial charge >= 0.3 is 18.2 Å². The summed E-state index contributed by atoms with van der Waals surface area (Å²) < 4.78 is 39.1. The van der Waals surface area contributed by atoms with Crippen LogP contribution < -0.4 is 11.1 Å². The van der Waals surface area contributed by atoms with Crippen LogP contribution in [0.3, 0.4) is 0 Å². The van der Waals surface area contributed by atoms with Gasteiger partial charge in [-0.1, -0.05) is 36.4 Å². The maximum Gasteiger partial charge on any atom is 0.490 e. The van der Waals surface area contributed by atoms with Crippen LogP contribution in [0.1, 0.15) is 22.8 Å². The fourth-order valence-electron chi connectivity index (χ4n) is 3.81. The fraction of sp³-hybridized carbons (Fsp3) is 0.185. The number of aromatic nitrogens is 4. The first-order chi connectivity index (χ1) is 19.1. The van der Waals surface area contributed by atoms with E-state index < -0.39 is 18.2 Å². The number of hydrogen-bond donors (Lipinski definition) is 5. The van der Waals surface area contributed by atoms with Crippen molar-refractivity contribution < 1.29 is 32.6 Å². The molecule has 0 saturated heterocycles. The van der Waals surface area contributed by atoms with Crippen LogP contribution in [0.15, 0.2) is 66.7 Å². The second-order valence-corrected chi connectivity index (χ2v) is 8.63. The summed E-state index contributed by atoms with van der Waals surface area (Å²) in [6.07, 6.45) is -5.21. The number of halogens is 3. The Kier molecular flexibility index (Phi) is 8.64. The van der Waals surface area contributed by atoms with Gasteiger partial charge in [0.1, 0.15) is 11.6 Å². The van der Waals surface area contributed by atoms with Crippen molar-refractivity contribution in [1.82, 2.24) is 19.9 Å². The van der Waals surface area contributed by atoms with Crippen LogP contribution in [0.2, 0.25) is 0 Å². The van der Waals surface area contributed by atoms with Crippen LogP contribution in [0.25, 0.3) is 22.1 Å². The fourth-order valence-corrected chi connectivity index (χ4v) is 3.81. The average molecular weight is 555 g/mol. The number of carbonyl (C=O) groups is 2. The van der Waals surface area contributed by atoms with Crippen molar-refractivity contribution >= 4 is 39.8 Å². The van der Waals surface area contributed by atoms with Crippen LogP contribution in [0.4, 0.5) is 23.7 Å². The minimum Gasteiger partial charge on any atom is -0.465 e. The summed E-state index contributed by atoms with van der Waals surface area (Å²) in [4.78, 5) is 36.6. The Morgan fingerprint density at radius 2 is 1.52 bits per heavy atom. The number of carboxylic acid groups (broad SMARTS) is 1. The van der Waals surface area contributed by atoms with Gasteiger partial charge in [0, 0.05) is 18.7 Å². The van der Waals surface area contributed by atoms with E-state index in [1.54, 1.807) is 48.5 Å². The molecule has 208 valence electrons. The van der Waals surface area contributed by atoms with E-state index >= 15 is 0 Å². The van der Waals surface area contributed by atoms with Crippen LogP contribution in [0, 0.1) is 0 Å². The third-order valence-electron chi connectivity index (χ3n) is 5.65. The van der Waals surface area contributed by atoms with E-state index in [9.17, 15) is 22.8 Å². The summed E-state index contributed by atoms with van der Waals surface area (Å²) in [6, 6.07) is 19.9. The lowest BCUT2D eigenvalue weighted by Crippen LogP contribution is -2.26. The molecular weight excluding hydrogens is 529 g/mol. The number of fused-ring (bicyclic) bond motifs is 2. The molecule has 0 aliphatic carbocycles. The van der Waals surface area contributed by atoms with Crippen molar-refractivity contribution in [3.63, 3.8) is 0 Å². The van der Waals surface area contributed by atoms with Crippen LogP contribution >= 0.6 is 0 Å². The van der Waals surface area contributed by atoms with E-state index in [-0.39, 0.29) is 13.0 Å². The molecule has 3 aromatic carbocycles. The molecule has 2 heterocycles. The zero-order chi connectivity index (χ0) is 28.7. The molecular formula is C27H25F3N6O4. The number of esters is 1. The number of nitrogens with one attached hydrogen (secondary N) is 3. The number of nitrogens with two attached hydrogens (primary N) is 1. The summed E-state index contributed by atoms with van der Waals surface area (Å²) in [7, 11) is 0. The predicted octanol–water partition coefficient (Wildman–Crippen LogP) is 4.91. The maximum atomic E-state index is 11.7. The number of ether oxygens (including phenoxy) is 1. The van der Waals surface area contributed by atoms with Crippen molar-refractivity contribution in [2.75, 3.05) is 11.9 Å². The number of nitrogens with zero attached hydrogens (tertiary/aromatic N) is 2. The van der Waals surface area contributed by atoms with Gasteiger partial charge in [0.2, 0.25) is 0 Å². The van der Waals surface area contributed by atoms with E-state index in [0.717, 1.165) is 44.8 Å². The first-order valence-corrected chi connectivity index (χ1v) is 12.0. The highest BCUT2D eigenvalue weighted by Gasteiger charge is 2.40. The van der Waals surface area contributed by atoms with Crippen molar-refractivity contribution in [3.05, 3.63) is 89.5 Å². The standard InChI is InChI=1S/C17H16N6O2.C10H9F3O2/c18-8-9-1-3-11-13(5-9)22-15(20-11)7-16-21-12-4-2-10(19-17(24)25)6-14(12)23-16;11-10(12,13)9(14)15-7-6-8-4-2-1-3-5-8/h1-6,19H,7-8,18H2,(H,20,22)(H,21,23)(H,24,25);1-5H,6-7H2. The van der Waals surface area contributed by atoms with Gasteiger partial charge in [0.15, 0.2) is 0 Å². The van der Waals surface area contributed by atoms with E-state index in [2.05, 4.69) is 30.0 Å². The summed E-state index contributed by atoms with van der Waals surface area (Å²) in [6.45, 7) is 0.225. The van der Waals surface area contributed by atoms with E-state index in [0.29, 0.717) is 18.7 Å². The number of carbonyl (C=O) groups excluding carboxylic acids is 1. The molecule has 40 heavy (non-hydrogen) atoms. The molecule has 10 nitrogen and oxygen atoms in total. The van der Waals surface area contributed by atoms with Gasteiger partial charge in [-0.25, -0.2) is 19.6 Å². The largest absolute Gasteiger partial charge is 0.490 e. The summed E-state index contributed by atoms with van der Waals surface area (Å²) in [5.74, 6) is -0.592. The third kappa shape index (κ3) is 7.57. The second kappa shape index (κ2) is 12.3. The van der Waals surface area contributed by atoms with Crippen LogP contribution in [0.5, 0.6) is 0 Å². The van der Waals surface area contributed by atoms with Gasteiger partial charge < -0.3 is 25.5 Å². The monoisotopic (exact) mass is 554 g/mol. The molecule has 0 saturated carbocycles. The van der Waals surface area contributed by atoms with Crippen molar-refractivity contribution in [2.24, 2.45) is 5.73 Å². The van der Waals surface area contributed by atoms with Gasteiger partial charge in [0.05, 0.1) is 35.1 Å². The van der Waals surface area contributed by atoms with Gasteiger partial charge in [0.25, 0.3) is 0 Å². The maximum absolute atomic E-state index is 11.7. The Morgan fingerprint density at radius 3 is 2.12 bits per heavy atom. The molecule has 0 unspecified atom stereocenters. The average Bonchev–Trinajstić information content (AvgIpc) is 3.50. The molecule has 0 spiro atoms. The van der Waals surface area contributed by atoms with Crippen molar-refractivity contribution in [1.29, 1.82) is 0 Å². The second-order valence-electron chi connectivity index (χ2n) is 8.63. The Bertz CT molecular complexity index is 1620. The van der Waals surface area contributed by atoms with E-state index in [1.165, 1.54) is 0 Å². The molecule has 0 fully saturated rings. The molecule has 0 radical (unpaired) electrons. The Labute approximate surface area is 225 Å². The number of anilines is 1. The van der Waals surface area contributed by atoms with E-state index in [4.69, 9.17) is 10.8 Å². The van der Waals surface area contributed by atoms with Gasteiger partial charge in [-0.3, -0.25) is 5.32 Å². The van der Waals surface area contributed by atoms with Gasteiger partial charge in [-0.15, -0.1) is 0 Å². The lowest BCUT2D eigenvalue weighted by molar-refractivity contribution is -0.199. The highest BCUT2D eigenvalue weighted by atomic mass is 19.4. The SMILES string of the molecule is NCc1ccc2nc(Cc3nc4ccc(NC(=O)O)cc4[nH]3)[nH]c2c1.O=C(OCCc1ccccc1)C(F)(F)F. The summed E-state index contributed by atoms with van der Waals surface area (Å²) in [5, 5.41) is 11.1. The van der Waals surface area contributed by atoms with Crippen molar-refractivity contribution in [3.8, 4) is 0 Å². The molecule has 0 bridgehead atoms. The topological polar surface area (TPSA) is 159 Å². The molecule has 1 amide bonds. The zero-order valence-electron chi connectivity index (χ0n) is 21.0. The third-order valence-corrected chi connectivity index (χ3v) is 5.65. The Hall–Kier alpha value is -4.91. The number of imidazole rings is 2. The molecule has 5 aromatic rings. The number of alkyl halides is 3. The van der Waals surface area contributed by atoms with Gasteiger partial charge in [-0.2, -0.15) is 13.2 Å². The van der Waals surface area contributed by atoms with Crippen LogP contribution in [-0.4, -0.2) is 49.9 Å². The Balaban J connectivity index is 0.000000212. The Morgan fingerprint density at radius 1 is 0.900 bits per heavy atom. The minimum absolute atomic E-state index is 0.262. The zero-order valence-corrected chi connectivity index (χ0v) is 21.0. The molecule has 0 aliphatic heterocycles. The van der Waals surface area contributed by atoms with E-state index in [1.807, 2.05) is 18.2 Å². The highest BCUT2D eigenvalue weighted by molar-refractivity contribution is 5.87. The number of amides is 1. The molecule has 5 rings (SSSR count). The summed E-state index contributed by atoms with van der Waals surface area (Å²) >= 11 is 0. The number of rotatable bonds is 7. The quantitative estimate of drug-likeness (QED) is 0.179. The number of benzene rings is 3. The van der Waals surface area contributed by atoms with Gasteiger partial charge in [-0.05, 0) is 41.5 Å². The lowest BCUT2D eigenvalue weighted by Gasteiger charge is -2.06. The molecule has 2 aromatic heterocycles. The first kappa shape index (κ1) is 28.1. The van der Waals surface area contributed by atoms with Crippen molar-refractivity contribution in [2.45, 2.75) is 25.6 Å². The molecule has 0 atom stereocenters. The highest BCUT2D eigenvalue weighted by Crippen LogP contribution is 2.20. The number of H-pyrrole nitrogens is 2. The smallest absolute Gasteiger partial charge is 0.465 e. The minimum atomic E-state index is -4.91. The van der Waals surface area contributed by atoms with Crippen LogP contribution in [-0.2, 0) is 28.9 Å². The molecule has 6 N–H and O–H groups in total. The predicted molar refractivity (Wildman–Crippen MR) is 142 cm³/mol. The first-order valence-electron chi connectivity index (χ1n) is 12.0. The molecule has 0 aliphatic rings. The summed E-state index contributed by atoms with van der Waals surface area (Å²) in [5.41, 5.74) is 11.4. The number of aromatic amines is 2. The molecule has 13 heteroatoms. The normalized spacial score (nSPS) is 11.2. The lowest BCUT2D eigenvalue weighted by atomic mass is 10.2. The number of hydrogen-bond acceptors (Lipinski definition) is 6.